The Kier molecular flexibility index (Phi) is 5.90. The van der Waals surface area contributed by atoms with Crippen LogP contribution in [0.3, 0.4) is 0 Å². The molecule has 1 aromatic heterocycles. The normalized spacial score (nSPS) is 12.4. The topological polar surface area (TPSA) is 68.1 Å². The van der Waals surface area contributed by atoms with E-state index in [9.17, 15) is 10.1 Å². The summed E-state index contributed by atoms with van der Waals surface area (Å²) in [6.45, 7) is 5.21. The van der Waals surface area contributed by atoms with Crippen LogP contribution < -0.4 is 5.32 Å². The number of nitrogens with one attached hydrogen (secondary N) is 1. The summed E-state index contributed by atoms with van der Waals surface area (Å²) in [5, 5.41) is 14.4. The first-order valence-electron chi connectivity index (χ1n) is 6.01. The third kappa shape index (κ3) is 4.68. The predicted molar refractivity (Wildman–Crippen MR) is 70.6 cm³/mol. The molecule has 0 aromatic carbocycles. The third-order valence-electron chi connectivity index (χ3n) is 2.76. The van der Waals surface area contributed by atoms with Gasteiger partial charge in [-0.25, -0.2) is 4.98 Å². The molecule has 0 saturated carbocycles. The van der Waals surface area contributed by atoms with Gasteiger partial charge in [-0.3, -0.25) is 10.1 Å². The zero-order valence-corrected chi connectivity index (χ0v) is 11.1. The van der Waals surface area contributed by atoms with Gasteiger partial charge in [0.25, 0.3) is 0 Å². The summed E-state index contributed by atoms with van der Waals surface area (Å²) in [5.41, 5.74) is 0. The van der Waals surface area contributed by atoms with E-state index in [0.717, 1.165) is 24.3 Å². The molecule has 0 aliphatic rings. The van der Waals surface area contributed by atoms with Crippen molar-refractivity contribution in [2.24, 2.45) is 5.92 Å². The Morgan fingerprint density at radius 2 is 2.35 bits per heavy atom. The van der Waals surface area contributed by atoms with Crippen LogP contribution in [0.5, 0.6) is 0 Å². The minimum Gasteiger partial charge on any atom is -0.361 e. The van der Waals surface area contributed by atoms with Crippen molar-refractivity contribution < 1.29 is 4.92 Å². The van der Waals surface area contributed by atoms with Gasteiger partial charge in [0.05, 0.1) is 4.92 Å². The first kappa shape index (κ1) is 13.9. The standard InChI is InChI=1S/C11H19N3O2S/c1-3-5-6-9(4-2)7-12-11-13-8-10(17-11)14(15)16/h8-9H,3-7H2,1-2H3,(H,12,13). The van der Waals surface area contributed by atoms with Crippen LogP contribution in [0, 0.1) is 16.0 Å². The Bertz CT molecular complexity index is 354. The number of hydrogen-bond donors (Lipinski definition) is 1. The average molecular weight is 257 g/mol. The molecule has 1 atom stereocenters. The lowest BCUT2D eigenvalue weighted by atomic mass is 10.00. The zero-order valence-electron chi connectivity index (χ0n) is 10.3. The maximum atomic E-state index is 10.5. The number of anilines is 1. The monoisotopic (exact) mass is 257 g/mol. The maximum absolute atomic E-state index is 10.5. The molecule has 5 nitrogen and oxygen atoms in total. The third-order valence-corrected chi connectivity index (χ3v) is 3.67. The van der Waals surface area contributed by atoms with Gasteiger partial charge in [0.15, 0.2) is 5.13 Å². The summed E-state index contributed by atoms with van der Waals surface area (Å²) in [6, 6.07) is 0. The molecule has 1 rings (SSSR count). The van der Waals surface area contributed by atoms with Crippen molar-refractivity contribution in [3.8, 4) is 0 Å². The van der Waals surface area contributed by atoms with Gasteiger partial charge in [-0.15, -0.1) is 0 Å². The first-order chi connectivity index (χ1) is 8.17. The molecule has 1 heterocycles. The molecule has 96 valence electrons. The number of hydrogen-bond acceptors (Lipinski definition) is 5. The molecule has 0 aliphatic heterocycles. The molecule has 1 unspecified atom stereocenters. The summed E-state index contributed by atoms with van der Waals surface area (Å²) < 4.78 is 0. The van der Waals surface area contributed by atoms with E-state index < -0.39 is 4.92 Å². The van der Waals surface area contributed by atoms with E-state index in [-0.39, 0.29) is 5.00 Å². The highest BCUT2D eigenvalue weighted by atomic mass is 32.1. The van der Waals surface area contributed by atoms with Crippen molar-refractivity contribution in [1.29, 1.82) is 0 Å². The molecule has 0 spiro atoms. The van der Waals surface area contributed by atoms with E-state index in [2.05, 4.69) is 24.1 Å². The summed E-state index contributed by atoms with van der Waals surface area (Å²) >= 11 is 1.10. The van der Waals surface area contributed by atoms with E-state index in [1.807, 2.05) is 0 Å². The maximum Gasteiger partial charge on any atom is 0.345 e. The predicted octanol–water partition coefficient (Wildman–Crippen LogP) is 3.68. The van der Waals surface area contributed by atoms with Crippen LogP contribution in [0.25, 0.3) is 0 Å². The number of thiazole rings is 1. The number of unbranched alkanes of at least 4 members (excludes halogenated alkanes) is 1. The van der Waals surface area contributed by atoms with E-state index in [1.165, 1.54) is 25.5 Å². The highest BCUT2D eigenvalue weighted by molar-refractivity contribution is 7.18. The second kappa shape index (κ2) is 7.21. The molecule has 0 radical (unpaired) electrons. The molecule has 0 saturated heterocycles. The molecule has 1 aromatic rings. The van der Waals surface area contributed by atoms with Crippen LogP contribution in [0.15, 0.2) is 6.20 Å². The van der Waals surface area contributed by atoms with Crippen molar-refractivity contribution in [2.45, 2.75) is 39.5 Å². The van der Waals surface area contributed by atoms with Gasteiger partial charge in [0, 0.05) is 6.54 Å². The summed E-state index contributed by atoms with van der Waals surface area (Å²) in [5.74, 6) is 0.623. The Morgan fingerprint density at radius 3 is 2.88 bits per heavy atom. The van der Waals surface area contributed by atoms with Crippen molar-refractivity contribution in [1.82, 2.24) is 4.98 Å². The lowest BCUT2D eigenvalue weighted by Crippen LogP contribution is -2.13. The number of rotatable bonds is 8. The minimum atomic E-state index is -0.406. The van der Waals surface area contributed by atoms with Crippen LogP contribution in [0.4, 0.5) is 10.1 Å². The van der Waals surface area contributed by atoms with Crippen LogP contribution in [0.1, 0.15) is 39.5 Å². The number of nitrogens with zero attached hydrogens (tertiary/aromatic N) is 2. The Labute approximate surface area is 105 Å². The van der Waals surface area contributed by atoms with Crippen molar-refractivity contribution in [3.05, 3.63) is 16.3 Å². The van der Waals surface area contributed by atoms with Gasteiger partial charge in [-0.05, 0) is 23.7 Å². The van der Waals surface area contributed by atoms with Crippen molar-refractivity contribution in [3.63, 3.8) is 0 Å². The first-order valence-corrected chi connectivity index (χ1v) is 6.83. The van der Waals surface area contributed by atoms with Crippen LogP contribution in [-0.2, 0) is 0 Å². The lowest BCUT2D eigenvalue weighted by molar-refractivity contribution is -0.380. The Hall–Kier alpha value is -1.17. The number of nitro groups is 1. The molecule has 0 fully saturated rings. The molecule has 17 heavy (non-hydrogen) atoms. The van der Waals surface area contributed by atoms with Crippen molar-refractivity contribution >= 4 is 21.5 Å². The van der Waals surface area contributed by atoms with Gasteiger partial charge in [-0.2, -0.15) is 0 Å². The SMILES string of the molecule is CCCCC(CC)CNc1ncc([N+](=O)[O-])s1. The fraction of sp³-hybridized carbons (Fsp3) is 0.727. The zero-order chi connectivity index (χ0) is 12.7. The average Bonchev–Trinajstić information content (AvgIpc) is 2.78. The van der Waals surface area contributed by atoms with Gasteiger partial charge < -0.3 is 5.32 Å². The van der Waals surface area contributed by atoms with Crippen molar-refractivity contribution in [2.75, 3.05) is 11.9 Å². The molecule has 0 amide bonds. The molecule has 0 aliphatic carbocycles. The second-order valence-corrected chi connectivity index (χ2v) is 5.07. The van der Waals surface area contributed by atoms with E-state index >= 15 is 0 Å². The number of aromatic nitrogens is 1. The van der Waals surface area contributed by atoms with Gasteiger partial charge in [0.2, 0.25) is 0 Å². The second-order valence-electron chi connectivity index (χ2n) is 4.06. The fourth-order valence-corrected chi connectivity index (χ4v) is 2.25. The van der Waals surface area contributed by atoms with Gasteiger partial charge in [-0.1, -0.05) is 33.1 Å². The van der Waals surface area contributed by atoms with Crippen LogP contribution in [-0.4, -0.2) is 16.5 Å². The molecular formula is C11H19N3O2S. The largest absolute Gasteiger partial charge is 0.361 e. The Morgan fingerprint density at radius 1 is 1.59 bits per heavy atom. The van der Waals surface area contributed by atoms with E-state index in [1.54, 1.807) is 0 Å². The van der Waals surface area contributed by atoms with E-state index in [4.69, 9.17) is 0 Å². The highest BCUT2D eigenvalue weighted by Crippen LogP contribution is 2.25. The summed E-state index contributed by atoms with van der Waals surface area (Å²) in [4.78, 5) is 14.1. The molecular weight excluding hydrogens is 238 g/mol. The van der Waals surface area contributed by atoms with Gasteiger partial charge >= 0.3 is 5.00 Å². The molecule has 6 heteroatoms. The van der Waals surface area contributed by atoms with E-state index in [0.29, 0.717) is 11.0 Å². The van der Waals surface area contributed by atoms with Gasteiger partial charge in [0.1, 0.15) is 6.20 Å². The summed E-state index contributed by atoms with van der Waals surface area (Å²) in [7, 11) is 0. The van der Waals surface area contributed by atoms with Crippen LogP contribution in [0.2, 0.25) is 0 Å². The fourth-order valence-electron chi connectivity index (χ4n) is 1.61. The smallest absolute Gasteiger partial charge is 0.345 e. The lowest BCUT2D eigenvalue weighted by Gasteiger charge is -2.14. The summed E-state index contributed by atoms with van der Waals surface area (Å²) in [6.07, 6.45) is 6.07. The molecule has 0 bridgehead atoms. The molecule has 1 N–H and O–H groups in total. The minimum absolute atomic E-state index is 0.0918. The quantitative estimate of drug-likeness (QED) is 0.569. The van der Waals surface area contributed by atoms with Crippen LogP contribution >= 0.6 is 11.3 Å². The highest BCUT2D eigenvalue weighted by Gasteiger charge is 2.12. The Balaban J connectivity index is 2.39.